The number of rotatable bonds is 5. The molecule has 0 radical (unpaired) electrons. The maximum atomic E-state index is 13.1. The summed E-state index contributed by atoms with van der Waals surface area (Å²) in [4.78, 5) is 23.6. The number of fused-ring (bicyclic) bond motifs is 2. The minimum atomic E-state index is -0.122. The summed E-state index contributed by atoms with van der Waals surface area (Å²) in [6.07, 6.45) is 4.34. The van der Waals surface area contributed by atoms with Crippen molar-refractivity contribution in [2.24, 2.45) is 0 Å². The Balaban J connectivity index is 1.59. The maximum Gasteiger partial charge on any atom is 0.278 e. The van der Waals surface area contributed by atoms with Crippen LogP contribution in [0.2, 0.25) is 0 Å². The Morgan fingerprint density at radius 2 is 2.09 bits per heavy atom. The summed E-state index contributed by atoms with van der Waals surface area (Å²) < 4.78 is 3.56. The highest BCUT2D eigenvalue weighted by Crippen LogP contribution is 2.32. The first-order valence-electron chi connectivity index (χ1n) is 11.1. The van der Waals surface area contributed by atoms with Crippen molar-refractivity contribution >= 4 is 34.0 Å². The summed E-state index contributed by atoms with van der Waals surface area (Å²) in [5, 5.41) is 8.16. The fourth-order valence-electron chi connectivity index (χ4n) is 4.13. The van der Waals surface area contributed by atoms with Gasteiger partial charge in [0, 0.05) is 23.3 Å². The van der Waals surface area contributed by atoms with Gasteiger partial charge < -0.3 is 10.6 Å². The standard InChI is InChI=1S/C25H28N6OS/c1-5-12-30-23(32)19-15-27-24(28-18-7-6-17-14-26-11-10-16(17)13-18)29-22(19)31(30)21-9-8-20(33-21)25(2,3)4/h5-9,13,15,26H,1,10-12,14H2,2-4H3,(H,27,28,29). The molecule has 1 aromatic carbocycles. The van der Waals surface area contributed by atoms with Gasteiger partial charge in [-0.15, -0.1) is 17.9 Å². The van der Waals surface area contributed by atoms with Gasteiger partial charge in [-0.3, -0.25) is 4.79 Å². The smallest absolute Gasteiger partial charge is 0.278 e. The summed E-state index contributed by atoms with van der Waals surface area (Å²) >= 11 is 1.67. The minimum Gasteiger partial charge on any atom is -0.324 e. The molecule has 0 atom stereocenters. The van der Waals surface area contributed by atoms with Crippen molar-refractivity contribution < 1.29 is 0 Å². The van der Waals surface area contributed by atoms with Gasteiger partial charge in [0.05, 0.1) is 6.54 Å². The van der Waals surface area contributed by atoms with Crippen LogP contribution in [0.15, 0.2) is 54.0 Å². The normalized spacial score (nSPS) is 13.8. The van der Waals surface area contributed by atoms with Crippen LogP contribution in [0, 0.1) is 0 Å². The molecule has 0 bridgehead atoms. The van der Waals surface area contributed by atoms with E-state index < -0.39 is 0 Å². The summed E-state index contributed by atoms with van der Waals surface area (Å²) in [6.45, 7) is 12.7. The molecular weight excluding hydrogens is 432 g/mol. The van der Waals surface area contributed by atoms with Crippen molar-refractivity contribution in [3.63, 3.8) is 0 Å². The van der Waals surface area contributed by atoms with Crippen LogP contribution in [0.4, 0.5) is 11.6 Å². The third kappa shape index (κ3) is 4.00. The molecule has 1 aliphatic heterocycles. The Kier molecular flexibility index (Phi) is 5.42. The number of hydrogen-bond donors (Lipinski definition) is 2. The molecule has 0 unspecified atom stereocenters. The highest BCUT2D eigenvalue weighted by atomic mass is 32.1. The van der Waals surface area contributed by atoms with Crippen molar-refractivity contribution in [3.8, 4) is 5.00 Å². The first-order chi connectivity index (χ1) is 15.8. The summed E-state index contributed by atoms with van der Waals surface area (Å²) in [5.41, 5.74) is 4.10. The number of benzene rings is 1. The fraction of sp³-hybridized carbons (Fsp3) is 0.320. The first kappa shape index (κ1) is 21.6. The van der Waals surface area contributed by atoms with Crippen molar-refractivity contribution in [2.75, 3.05) is 11.9 Å². The van der Waals surface area contributed by atoms with Crippen molar-refractivity contribution in [2.45, 2.75) is 45.7 Å². The van der Waals surface area contributed by atoms with Crippen LogP contribution in [0.5, 0.6) is 0 Å². The molecule has 3 aromatic heterocycles. The van der Waals surface area contributed by atoms with E-state index in [0.29, 0.717) is 23.5 Å². The number of aromatic nitrogens is 4. The second kappa shape index (κ2) is 8.28. The molecule has 0 spiro atoms. The molecule has 0 saturated heterocycles. The molecule has 0 fully saturated rings. The van der Waals surface area contributed by atoms with Crippen LogP contribution in [0.1, 0.15) is 36.8 Å². The Morgan fingerprint density at radius 3 is 2.85 bits per heavy atom. The Morgan fingerprint density at radius 1 is 1.24 bits per heavy atom. The number of allylic oxidation sites excluding steroid dienone is 1. The number of thiophene rings is 1. The molecular formula is C25H28N6OS. The predicted molar refractivity (Wildman–Crippen MR) is 135 cm³/mol. The van der Waals surface area contributed by atoms with Crippen LogP contribution in [0.25, 0.3) is 16.0 Å². The van der Waals surface area contributed by atoms with Gasteiger partial charge in [0.25, 0.3) is 5.56 Å². The molecule has 170 valence electrons. The molecule has 0 saturated carbocycles. The average molecular weight is 461 g/mol. The Bertz CT molecular complexity index is 1400. The number of hydrogen-bond acceptors (Lipinski definition) is 6. The van der Waals surface area contributed by atoms with Crippen molar-refractivity contribution in [1.82, 2.24) is 24.6 Å². The topological polar surface area (TPSA) is 76.8 Å². The molecule has 4 aromatic rings. The van der Waals surface area contributed by atoms with E-state index in [1.807, 2.05) is 10.7 Å². The monoisotopic (exact) mass is 460 g/mol. The number of nitrogens with one attached hydrogen (secondary N) is 2. The Hall–Kier alpha value is -3.23. The summed E-state index contributed by atoms with van der Waals surface area (Å²) in [7, 11) is 0. The van der Waals surface area contributed by atoms with Crippen LogP contribution in [-0.4, -0.2) is 25.9 Å². The van der Waals surface area contributed by atoms with Gasteiger partial charge in [0.2, 0.25) is 5.95 Å². The van der Waals surface area contributed by atoms with E-state index in [4.69, 9.17) is 4.98 Å². The lowest BCUT2D eigenvalue weighted by Crippen LogP contribution is -2.23. The second-order valence-electron chi connectivity index (χ2n) is 9.34. The first-order valence-corrected chi connectivity index (χ1v) is 12.0. The maximum absolute atomic E-state index is 13.1. The van der Waals surface area contributed by atoms with Crippen LogP contribution in [0.3, 0.4) is 0 Å². The largest absolute Gasteiger partial charge is 0.324 e. The minimum absolute atomic E-state index is 0.0269. The van der Waals surface area contributed by atoms with E-state index in [1.165, 1.54) is 16.0 Å². The van der Waals surface area contributed by atoms with E-state index in [-0.39, 0.29) is 11.0 Å². The molecule has 1 aliphatic rings. The zero-order chi connectivity index (χ0) is 23.2. The van der Waals surface area contributed by atoms with E-state index in [2.05, 4.69) is 67.2 Å². The van der Waals surface area contributed by atoms with Gasteiger partial charge in [0.15, 0.2) is 5.65 Å². The Labute approximate surface area is 196 Å². The summed E-state index contributed by atoms with van der Waals surface area (Å²) in [5.74, 6) is 0.466. The molecule has 5 rings (SSSR count). The van der Waals surface area contributed by atoms with Gasteiger partial charge in [-0.1, -0.05) is 32.9 Å². The van der Waals surface area contributed by atoms with Crippen LogP contribution >= 0.6 is 11.3 Å². The van der Waals surface area contributed by atoms with Crippen LogP contribution < -0.4 is 16.2 Å². The SMILES string of the molecule is C=CCn1c(=O)c2cnc(Nc3ccc4c(c3)CCNC4)nc2n1-c1ccc(C(C)(C)C)s1. The lowest BCUT2D eigenvalue weighted by atomic mass is 9.95. The van der Waals surface area contributed by atoms with E-state index in [9.17, 15) is 4.79 Å². The zero-order valence-electron chi connectivity index (χ0n) is 19.2. The average Bonchev–Trinajstić information content (AvgIpc) is 3.38. The molecule has 0 aliphatic carbocycles. The van der Waals surface area contributed by atoms with Crippen LogP contribution in [-0.2, 0) is 24.9 Å². The van der Waals surface area contributed by atoms with E-state index in [1.54, 1.807) is 28.3 Å². The van der Waals surface area contributed by atoms with Gasteiger partial charge in [0.1, 0.15) is 10.4 Å². The van der Waals surface area contributed by atoms with Gasteiger partial charge in [-0.2, -0.15) is 4.98 Å². The number of anilines is 2. The lowest BCUT2D eigenvalue weighted by Gasteiger charge is -2.18. The van der Waals surface area contributed by atoms with Gasteiger partial charge in [-0.05, 0) is 53.8 Å². The third-order valence-electron chi connectivity index (χ3n) is 5.87. The van der Waals surface area contributed by atoms with E-state index in [0.717, 1.165) is 30.2 Å². The number of nitrogens with zero attached hydrogens (tertiary/aromatic N) is 4. The van der Waals surface area contributed by atoms with Crippen molar-refractivity contribution in [3.05, 3.63) is 75.5 Å². The van der Waals surface area contributed by atoms with Gasteiger partial charge >= 0.3 is 0 Å². The lowest BCUT2D eigenvalue weighted by molar-refractivity contribution is 0.603. The van der Waals surface area contributed by atoms with E-state index >= 15 is 0 Å². The summed E-state index contributed by atoms with van der Waals surface area (Å²) in [6, 6.07) is 10.5. The highest BCUT2D eigenvalue weighted by molar-refractivity contribution is 7.14. The molecule has 33 heavy (non-hydrogen) atoms. The fourth-order valence-corrected chi connectivity index (χ4v) is 5.20. The highest BCUT2D eigenvalue weighted by Gasteiger charge is 2.21. The molecule has 4 heterocycles. The zero-order valence-corrected chi connectivity index (χ0v) is 20.0. The third-order valence-corrected chi connectivity index (χ3v) is 7.35. The molecule has 0 amide bonds. The second-order valence-corrected chi connectivity index (χ2v) is 10.4. The quantitative estimate of drug-likeness (QED) is 0.429. The molecule has 8 heteroatoms. The molecule has 7 nitrogen and oxygen atoms in total. The van der Waals surface area contributed by atoms with Gasteiger partial charge in [-0.25, -0.2) is 14.3 Å². The predicted octanol–water partition coefficient (Wildman–Crippen LogP) is 4.52. The van der Waals surface area contributed by atoms with Crippen molar-refractivity contribution in [1.29, 1.82) is 0 Å². The molecule has 2 N–H and O–H groups in total.